The predicted octanol–water partition coefficient (Wildman–Crippen LogP) is 0.167. The Labute approximate surface area is 156 Å². The maximum absolute atomic E-state index is 12.7. The quantitative estimate of drug-likeness (QED) is 0.299. The van der Waals surface area contributed by atoms with Gasteiger partial charge in [0.1, 0.15) is 6.04 Å². The minimum absolute atomic E-state index is 0.0651. The average Bonchev–Trinajstić information content (AvgIpc) is 3.20. The van der Waals surface area contributed by atoms with Gasteiger partial charge in [-0.05, 0) is 17.7 Å². The fourth-order valence-corrected chi connectivity index (χ4v) is 2.49. The molecule has 0 bridgehead atoms. The van der Waals surface area contributed by atoms with Gasteiger partial charge in [0.05, 0.1) is 17.0 Å². The van der Waals surface area contributed by atoms with Gasteiger partial charge in [0.15, 0.2) is 0 Å². The Kier molecular flexibility index (Phi) is 6.65. The van der Waals surface area contributed by atoms with E-state index >= 15 is 0 Å². The third kappa shape index (κ3) is 5.15. The van der Waals surface area contributed by atoms with Crippen molar-refractivity contribution in [3.05, 3.63) is 65.5 Å². The number of aromatic nitrogens is 1. The molecule has 0 fully saturated rings. The summed E-state index contributed by atoms with van der Waals surface area (Å²) in [5.41, 5.74) is 12.7. The first kappa shape index (κ1) is 19.6. The van der Waals surface area contributed by atoms with Crippen LogP contribution in [0.5, 0.6) is 0 Å². The second kappa shape index (κ2) is 9.14. The lowest BCUT2D eigenvalue weighted by Crippen LogP contribution is -2.48. The van der Waals surface area contributed by atoms with Gasteiger partial charge >= 0.3 is 0 Å². The van der Waals surface area contributed by atoms with E-state index in [1.54, 1.807) is 42.6 Å². The minimum Gasteiger partial charge on any atom is -0.396 e. The lowest BCUT2D eigenvalue weighted by atomic mass is 10.0. The smallest absolute Gasteiger partial charge is 0.287 e. The average molecular weight is 367 g/mol. The highest BCUT2D eigenvalue weighted by atomic mass is 16.2. The first-order valence-corrected chi connectivity index (χ1v) is 8.18. The number of rotatable bonds is 8. The number of hydrogen-bond acceptors (Lipinski definition) is 5. The van der Waals surface area contributed by atoms with Gasteiger partial charge in [-0.3, -0.25) is 19.4 Å². The summed E-state index contributed by atoms with van der Waals surface area (Å²) in [6.45, 7) is 0. The van der Waals surface area contributed by atoms with E-state index in [0.717, 1.165) is 5.56 Å². The summed E-state index contributed by atoms with van der Waals surface area (Å²) < 4.78 is 0. The molecule has 0 saturated carbocycles. The molecule has 8 nitrogen and oxygen atoms in total. The number of benzene rings is 1. The molecule has 2 amide bonds. The summed E-state index contributed by atoms with van der Waals surface area (Å²) in [6.07, 6.45) is 3.07. The van der Waals surface area contributed by atoms with Gasteiger partial charge in [-0.1, -0.05) is 30.3 Å². The van der Waals surface area contributed by atoms with Crippen molar-refractivity contribution in [2.24, 2.45) is 16.5 Å². The summed E-state index contributed by atoms with van der Waals surface area (Å²) in [4.78, 5) is 43.1. The van der Waals surface area contributed by atoms with Crippen molar-refractivity contribution in [1.82, 2.24) is 10.3 Å². The first-order chi connectivity index (χ1) is 12.9. The number of primary amides is 1. The van der Waals surface area contributed by atoms with Crippen LogP contribution >= 0.6 is 0 Å². The van der Waals surface area contributed by atoms with E-state index in [1.165, 1.54) is 13.3 Å². The molecule has 1 aromatic heterocycles. The Morgan fingerprint density at radius 2 is 1.85 bits per heavy atom. The van der Waals surface area contributed by atoms with E-state index in [4.69, 9.17) is 11.5 Å². The highest BCUT2D eigenvalue weighted by molar-refractivity contribution is 6.38. The van der Waals surface area contributed by atoms with Gasteiger partial charge in [-0.15, -0.1) is 0 Å². The zero-order valence-corrected chi connectivity index (χ0v) is 14.8. The molecule has 0 aliphatic rings. The van der Waals surface area contributed by atoms with Crippen molar-refractivity contribution >= 4 is 29.5 Å². The van der Waals surface area contributed by atoms with Crippen molar-refractivity contribution in [2.75, 3.05) is 7.05 Å². The van der Waals surface area contributed by atoms with Crippen LogP contribution in [0.25, 0.3) is 5.70 Å². The van der Waals surface area contributed by atoms with Crippen LogP contribution in [0.15, 0.2) is 59.2 Å². The van der Waals surface area contributed by atoms with Gasteiger partial charge in [-0.25, -0.2) is 0 Å². The van der Waals surface area contributed by atoms with Gasteiger partial charge in [0, 0.05) is 25.9 Å². The molecule has 0 aliphatic carbocycles. The highest BCUT2D eigenvalue weighted by Crippen LogP contribution is 2.12. The Bertz CT molecular complexity index is 870. The summed E-state index contributed by atoms with van der Waals surface area (Å²) >= 11 is 0. The second-order valence-electron chi connectivity index (χ2n) is 5.74. The fraction of sp³-hybridized carbons (Fsp3) is 0.158. The maximum Gasteiger partial charge on any atom is 0.287 e. The van der Waals surface area contributed by atoms with Crippen LogP contribution in [-0.2, 0) is 20.8 Å². The zero-order chi connectivity index (χ0) is 19.8. The molecule has 1 heterocycles. The summed E-state index contributed by atoms with van der Waals surface area (Å²) in [5, 5.41) is 2.54. The highest BCUT2D eigenvalue weighted by Gasteiger charge is 2.27. The fourth-order valence-electron chi connectivity index (χ4n) is 2.49. The van der Waals surface area contributed by atoms with E-state index in [0.29, 0.717) is 5.69 Å². The Morgan fingerprint density at radius 3 is 2.41 bits per heavy atom. The largest absolute Gasteiger partial charge is 0.396 e. The minimum atomic E-state index is -1.12. The van der Waals surface area contributed by atoms with Crippen LogP contribution in [0.2, 0.25) is 0 Å². The van der Waals surface area contributed by atoms with Crippen molar-refractivity contribution in [1.29, 1.82) is 0 Å². The molecule has 2 aromatic rings. The maximum atomic E-state index is 12.7. The summed E-state index contributed by atoms with van der Waals surface area (Å²) in [7, 11) is 1.49. The normalized spacial score (nSPS) is 13.1. The number of H-pyrrole nitrogens is 1. The van der Waals surface area contributed by atoms with Crippen molar-refractivity contribution < 1.29 is 14.4 Å². The lowest BCUT2D eigenvalue weighted by molar-refractivity contribution is -0.138. The van der Waals surface area contributed by atoms with Crippen LogP contribution in [0.4, 0.5) is 0 Å². The number of nitrogens with zero attached hydrogens (tertiary/aromatic N) is 1. The Balaban J connectivity index is 2.31. The van der Waals surface area contributed by atoms with Crippen LogP contribution < -0.4 is 16.8 Å². The van der Waals surface area contributed by atoms with Gasteiger partial charge in [0.2, 0.25) is 5.78 Å². The van der Waals surface area contributed by atoms with Gasteiger partial charge in [0.25, 0.3) is 11.8 Å². The number of nitrogens with two attached hydrogens (primary N) is 2. The molecule has 1 unspecified atom stereocenters. The van der Waals surface area contributed by atoms with Crippen LogP contribution in [0.1, 0.15) is 11.3 Å². The van der Waals surface area contributed by atoms with Gasteiger partial charge in [-0.2, -0.15) is 0 Å². The molecular formula is C19H21N5O3. The molecule has 0 radical (unpaired) electrons. The molecule has 0 aliphatic heterocycles. The molecule has 6 N–H and O–H groups in total. The number of nitrogens with one attached hydrogen (secondary N) is 2. The third-order valence-corrected chi connectivity index (χ3v) is 3.83. The van der Waals surface area contributed by atoms with E-state index in [9.17, 15) is 14.4 Å². The SMILES string of the molecule is CN=CC(C(=O)NC(Cc1ccccc1)C(=O)C(N)=O)=C(N)c1ccc[nH]1. The molecule has 0 saturated heterocycles. The third-order valence-electron chi connectivity index (χ3n) is 3.83. The number of amides is 2. The molecule has 1 atom stereocenters. The van der Waals surface area contributed by atoms with Crippen molar-refractivity contribution in [3.8, 4) is 0 Å². The zero-order valence-electron chi connectivity index (χ0n) is 14.8. The monoisotopic (exact) mass is 367 g/mol. The lowest BCUT2D eigenvalue weighted by Gasteiger charge is -2.17. The molecule has 1 aromatic carbocycles. The standard InChI is InChI=1S/C19H21N5O3/c1-22-11-13(16(20)14-8-5-9-23-14)19(27)24-15(17(25)18(21)26)10-12-6-3-2-4-7-12/h2-9,11,15,23H,10,20H2,1H3,(H2,21,26)(H,24,27). The Hall–Kier alpha value is -3.68. The van der Waals surface area contributed by atoms with Crippen molar-refractivity contribution in [2.45, 2.75) is 12.5 Å². The number of carbonyl (C=O) groups excluding carboxylic acids is 3. The Morgan fingerprint density at radius 1 is 1.15 bits per heavy atom. The molecule has 27 heavy (non-hydrogen) atoms. The van der Waals surface area contributed by atoms with E-state index in [-0.39, 0.29) is 17.7 Å². The number of aromatic amines is 1. The molecular weight excluding hydrogens is 346 g/mol. The van der Waals surface area contributed by atoms with E-state index in [1.807, 2.05) is 6.07 Å². The molecule has 0 spiro atoms. The van der Waals surface area contributed by atoms with Crippen LogP contribution in [-0.4, -0.2) is 41.9 Å². The second-order valence-corrected chi connectivity index (χ2v) is 5.74. The summed E-state index contributed by atoms with van der Waals surface area (Å²) in [6, 6.07) is 11.3. The van der Waals surface area contributed by atoms with E-state index in [2.05, 4.69) is 15.3 Å². The van der Waals surface area contributed by atoms with Crippen LogP contribution in [0.3, 0.4) is 0 Å². The number of aliphatic imine (C=N–C) groups is 1. The number of hydrogen-bond donors (Lipinski definition) is 4. The molecule has 2 rings (SSSR count). The molecule has 140 valence electrons. The van der Waals surface area contributed by atoms with Crippen LogP contribution in [0, 0.1) is 0 Å². The summed E-state index contributed by atoms with van der Waals surface area (Å²) in [5.74, 6) is -2.65. The topological polar surface area (TPSA) is 143 Å². The number of Topliss-reactive ketones (excluding diaryl/α,β-unsaturated/α-hetero) is 1. The van der Waals surface area contributed by atoms with E-state index < -0.39 is 23.6 Å². The molecule has 8 heteroatoms. The van der Waals surface area contributed by atoms with Gasteiger partial charge < -0.3 is 21.8 Å². The number of ketones is 1. The first-order valence-electron chi connectivity index (χ1n) is 8.18. The van der Waals surface area contributed by atoms with Crippen molar-refractivity contribution in [3.63, 3.8) is 0 Å². The number of carbonyl (C=O) groups is 3. The predicted molar refractivity (Wildman–Crippen MR) is 103 cm³/mol.